The molecule has 25 heavy (non-hydrogen) atoms. The zero-order chi connectivity index (χ0) is 18.0. The van der Waals surface area contributed by atoms with E-state index in [1.165, 1.54) is 21.0 Å². The van der Waals surface area contributed by atoms with Gasteiger partial charge in [0.05, 0.1) is 6.04 Å². The van der Waals surface area contributed by atoms with Crippen molar-refractivity contribution >= 4 is 22.9 Å². The van der Waals surface area contributed by atoms with Crippen molar-refractivity contribution < 1.29 is 4.79 Å². The van der Waals surface area contributed by atoms with E-state index in [9.17, 15) is 9.59 Å². The monoisotopic (exact) mass is 356 g/mol. The van der Waals surface area contributed by atoms with Crippen molar-refractivity contribution in [3.63, 3.8) is 0 Å². The summed E-state index contributed by atoms with van der Waals surface area (Å²) in [6, 6.07) is 7.38. The number of aromatic nitrogens is 2. The summed E-state index contributed by atoms with van der Waals surface area (Å²) in [5.74, 6) is -0.406. The lowest BCUT2D eigenvalue weighted by molar-refractivity contribution is 0.0940. The first-order valence-electron chi connectivity index (χ1n) is 7.94. The van der Waals surface area contributed by atoms with Crippen molar-refractivity contribution in [3.8, 4) is 0 Å². The van der Waals surface area contributed by atoms with Crippen LogP contribution in [-0.2, 0) is 0 Å². The molecule has 3 heterocycles. The molecule has 1 unspecified atom stereocenters. The fraction of sp³-hybridized carbons (Fsp3) is 0.278. The standard InChI is InChI=1S/C18H20N4O2S/c1-12-7-9-25-16(12)14(21(2)3)11-20-17(23)13-10-19-15-6-4-5-8-22(15)18(13)24/h4-10,14H,11H2,1-3H3,(H,20,23). The Morgan fingerprint density at radius 3 is 2.84 bits per heavy atom. The molecule has 7 heteroatoms. The molecule has 1 N–H and O–H groups in total. The van der Waals surface area contributed by atoms with E-state index in [0.717, 1.165) is 0 Å². The van der Waals surface area contributed by atoms with Crippen molar-refractivity contribution in [2.75, 3.05) is 20.6 Å². The zero-order valence-electron chi connectivity index (χ0n) is 14.4. The number of aryl methyl sites for hydroxylation is 1. The van der Waals surface area contributed by atoms with Crippen LogP contribution < -0.4 is 10.9 Å². The average Bonchev–Trinajstić information content (AvgIpc) is 3.01. The Balaban J connectivity index is 1.81. The third-order valence-electron chi connectivity index (χ3n) is 4.14. The normalized spacial score (nSPS) is 12.5. The van der Waals surface area contributed by atoms with Crippen LogP contribution in [0.5, 0.6) is 0 Å². The van der Waals surface area contributed by atoms with Gasteiger partial charge < -0.3 is 10.2 Å². The van der Waals surface area contributed by atoms with E-state index < -0.39 is 5.91 Å². The number of nitrogens with one attached hydrogen (secondary N) is 1. The summed E-state index contributed by atoms with van der Waals surface area (Å²) in [5, 5.41) is 4.92. The number of amides is 1. The van der Waals surface area contributed by atoms with E-state index in [0.29, 0.717) is 12.2 Å². The lowest BCUT2D eigenvalue weighted by Crippen LogP contribution is -2.37. The Labute approximate surface area is 149 Å². The highest BCUT2D eigenvalue weighted by Crippen LogP contribution is 2.26. The molecule has 0 spiro atoms. The Bertz CT molecular complexity index is 961. The molecule has 0 saturated heterocycles. The van der Waals surface area contributed by atoms with E-state index in [1.54, 1.807) is 35.7 Å². The predicted octanol–water partition coefficient (Wildman–Crippen LogP) is 2.10. The summed E-state index contributed by atoms with van der Waals surface area (Å²) in [7, 11) is 3.95. The van der Waals surface area contributed by atoms with Gasteiger partial charge in [0.15, 0.2) is 0 Å². The van der Waals surface area contributed by atoms with Crippen LogP contribution in [0, 0.1) is 6.92 Å². The SMILES string of the molecule is Cc1ccsc1C(CNC(=O)c1cnc2ccccn2c1=O)N(C)C. The third kappa shape index (κ3) is 3.47. The predicted molar refractivity (Wildman–Crippen MR) is 99.3 cm³/mol. The summed E-state index contributed by atoms with van der Waals surface area (Å²) in [6.45, 7) is 2.48. The van der Waals surface area contributed by atoms with Crippen molar-refractivity contribution in [1.82, 2.24) is 19.6 Å². The van der Waals surface area contributed by atoms with Gasteiger partial charge in [-0.25, -0.2) is 4.98 Å². The molecular weight excluding hydrogens is 336 g/mol. The molecule has 0 saturated carbocycles. The first-order valence-corrected chi connectivity index (χ1v) is 8.82. The van der Waals surface area contributed by atoms with Crippen molar-refractivity contribution in [2.24, 2.45) is 0 Å². The number of nitrogens with zero attached hydrogens (tertiary/aromatic N) is 3. The van der Waals surface area contributed by atoms with Crippen molar-refractivity contribution in [1.29, 1.82) is 0 Å². The second kappa shape index (κ2) is 7.16. The van der Waals surface area contributed by atoms with Gasteiger partial charge in [-0.2, -0.15) is 0 Å². The molecule has 6 nitrogen and oxygen atoms in total. The molecule has 0 aliphatic carbocycles. The molecule has 3 aromatic heterocycles. The minimum Gasteiger partial charge on any atom is -0.350 e. The molecule has 0 aromatic carbocycles. The average molecular weight is 356 g/mol. The quantitative estimate of drug-likeness (QED) is 0.760. The fourth-order valence-corrected chi connectivity index (χ4v) is 3.83. The fourth-order valence-electron chi connectivity index (χ4n) is 2.70. The van der Waals surface area contributed by atoms with Gasteiger partial charge in [-0.05, 0) is 50.2 Å². The lowest BCUT2D eigenvalue weighted by Gasteiger charge is -2.24. The van der Waals surface area contributed by atoms with Gasteiger partial charge in [-0.1, -0.05) is 6.07 Å². The Morgan fingerprint density at radius 2 is 2.16 bits per heavy atom. The van der Waals surface area contributed by atoms with Crippen LogP contribution in [0.2, 0.25) is 0 Å². The highest BCUT2D eigenvalue weighted by Gasteiger charge is 2.20. The Kier molecular flexibility index (Phi) is 4.96. The largest absolute Gasteiger partial charge is 0.350 e. The van der Waals surface area contributed by atoms with Gasteiger partial charge in [0, 0.05) is 23.8 Å². The third-order valence-corrected chi connectivity index (χ3v) is 5.26. The number of carbonyl (C=O) groups is 1. The Hall–Kier alpha value is -2.51. The van der Waals surface area contributed by atoms with Gasteiger partial charge in [0.1, 0.15) is 11.2 Å². The van der Waals surface area contributed by atoms with E-state index in [4.69, 9.17) is 0 Å². The molecule has 3 aromatic rings. The smallest absolute Gasteiger partial charge is 0.270 e. The van der Waals surface area contributed by atoms with Gasteiger partial charge in [0.2, 0.25) is 0 Å². The van der Waals surface area contributed by atoms with Crippen LogP contribution in [0.25, 0.3) is 5.65 Å². The van der Waals surface area contributed by atoms with E-state index >= 15 is 0 Å². The van der Waals surface area contributed by atoms with Crippen molar-refractivity contribution in [3.05, 3.63) is 68.4 Å². The maximum atomic E-state index is 12.5. The molecule has 0 aliphatic heterocycles. The molecular formula is C18H20N4O2S. The topological polar surface area (TPSA) is 66.7 Å². The molecule has 0 aliphatic rings. The molecule has 0 radical (unpaired) electrons. The van der Waals surface area contributed by atoms with Crippen molar-refractivity contribution in [2.45, 2.75) is 13.0 Å². The maximum absolute atomic E-state index is 12.5. The summed E-state index contributed by atoms with van der Waals surface area (Å²) in [6.07, 6.45) is 2.95. The van der Waals surface area contributed by atoms with Gasteiger partial charge in [-0.15, -0.1) is 11.3 Å². The molecule has 1 amide bonds. The molecule has 3 rings (SSSR count). The number of carbonyl (C=O) groups excluding carboxylic acids is 1. The summed E-state index contributed by atoms with van der Waals surface area (Å²) in [4.78, 5) is 32.4. The molecule has 130 valence electrons. The minimum atomic E-state index is -0.406. The van der Waals surface area contributed by atoms with Gasteiger partial charge >= 0.3 is 0 Å². The Morgan fingerprint density at radius 1 is 1.36 bits per heavy atom. The van der Waals surface area contributed by atoms with Crippen LogP contribution in [0.3, 0.4) is 0 Å². The number of rotatable bonds is 5. The zero-order valence-corrected chi connectivity index (χ0v) is 15.2. The number of likely N-dealkylation sites (N-methyl/N-ethyl adjacent to an activating group) is 1. The summed E-state index contributed by atoms with van der Waals surface area (Å²) in [5.41, 5.74) is 1.40. The second-order valence-corrected chi connectivity index (χ2v) is 7.01. The highest BCUT2D eigenvalue weighted by molar-refractivity contribution is 7.10. The number of hydrogen-bond donors (Lipinski definition) is 1. The van der Waals surface area contributed by atoms with E-state index in [2.05, 4.69) is 28.2 Å². The second-order valence-electron chi connectivity index (χ2n) is 6.06. The van der Waals surface area contributed by atoms with Crippen LogP contribution >= 0.6 is 11.3 Å². The van der Waals surface area contributed by atoms with Gasteiger partial charge in [0.25, 0.3) is 11.5 Å². The number of hydrogen-bond acceptors (Lipinski definition) is 5. The molecule has 1 atom stereocenters. The molecule has 0 bridgehead atoms. The summed E-state index contributed by atoms with van der Waals surface area (Å²) < 4.78 is 1.38. The number of pyridine rings is 1. The van der Waals surface area contributed by atoms with Crippen LogP contribution in [0.15, 0.2) is 46.8 Å². The molecule has 0 fully saturated rings. The van der Waals surface area contributed by atoms with Crippen LogP contribution in [-0.4, -0.2) is 40.8 Å². The summed E-state index contributed by atoms with van der Waals surface area (Å²) >= 11 is 1.67. The minimum absolute atomic E-state index is 0.0455. The van der Waals surface area contributed by atoms with Crippen LogP contribution in [0.4, 0.5) is 0 Å². The number of thiophene rings is 1. The van der Waals surface area contributed by atoms with Crippen LogP contribution in [0.1, 0.15) is 26.8 Å². The highest BCUT2D eigenvalue weighted by atomic mass is 32.1. The van der Waals surface area contributed by atoms with E-state index in [1.807, 2.05) is 19.5 Å². The first-order chi connectivity index (χ1) is 12.0. The maximum Gasteiger partial charge on any atom is 0.270 e. The van der Waals surface area contributed by atoms with Gasteiger partial charge in [-0.3, -0.25) is 14.0 Å². The number of fused-ring (bicyclic) bond motifs is 1. The first kappa shape index (κ1) is 17.3. The lowest BCUT2D eigenvalue weighted by atomic mass is 10.1. The van der Waals surface area contributed by atoms with E-state index in [-0.39, 0.29) is 17.2 Å².